The van der Waals surface area contributed by atoms with Gasteiger partial charge < -0.3 is 10.1 Å². The van der Waals surface area contributed by atoms with Crippen LogP contribution in [0.1, 0.15) is 29.5 Å². The molecule has 2 aliphatic rings. The second-order valence-electron chi connectivity index (χ2n) is 6.38. The van der Waals surface area contributed by atoms with Gasteiger partial charge in [-0.3, -0.25) is 0 Å². The number of rotatable bonds is 4. The van der Waals surface area contributed by atoms with E-state index in [9.17, 15) is 0 Å². The van der Waals surface area contributed by atoms with E-state index >= 15 is 0 Å². The van der Waals surface area contributed by atoms with Gasteiger partial charge in [0, 0.05) is 16.1 Å². The summed E-state index contributed by atoms with van der Waals surface area (Å²) in [6.07, 6.45) is 7.57. The van der Waals surface area contributed by atoms with E-state index < -0.39 is 0 Å². The van der Waals surface area contributed by atoms with Crippen molar-refractivity contribution >= 4 is 21.6 Å². The molecule has 0 amide bonds. The standard InChI is InChI=1S/C21H20BrNO/c1-2-12-24-16-9-6-14(7-10-16)21-18-5-3-4-17(18)19-13-15(22)8-11-20(19)23-21/h2-4,6-11,13,17-18,21,23H,1,5,12H2/t17-,18+,21+/m1/s1. The highest BCUT2D eigenvalue weighted by Crippen LogP contribution is 2.50. The first kappa shape index (κ1) is 15.5. The van der Waals surface area contributed by atoms with E-state index in [1.807, 2.05) is 0 Å². The fourth-order valence-corrected chi connectivity index (χ4v) is 4.20. The number of benzene rings is 2. The molecule has 0 aromatic heterocycles. The average Bonchev–Trinajstić information content (AvgIpc) is 3.10. The van der Waals surface area contributed by atoms with Crippen molar-refractivity contribution in [1.29, 1.82) is 0 Å². The molecule has 1 aliphatic heterocycles. The number of halogens is 1. The van der Waals surface area contributed by atoms with E-state index in [4.69, 9.17) is 4.74 Å². The Labute approximate surface area is 151 Å². The van der Waals surface area contributed by atoms with E-state index in [1.165, 1.54) is 16.8 Å². The Morgan fingerprint density at radius 1 is 1.21 bits per heavy atom. The molecule has 0 bridgehead atoms. The van der Waals surface area contributed by atoms with Crippen LogP contribution < -0.4 is 10.1 Å². The molecule has 0 fully saturated rings. The lowest BCUT2D eigenvalue weighted by molar-refractivity contribution is 0.362. The van der Waals surface area contributed by atoms with E-state index in [2.05, 4.69) is 82.4 Å². The van der Waals surface area contributed by atoms with E-state index in [0.717, 1.165) is 16.6 Å². The van der Waals surface area contributed by atoms with Gasteiger partial charge in [0.05, 0.1) is 6.04 Å². The van der Waals surface area contributed by atoms with Gasteiger partial charge in [0.2, 0.25) is 0 Å². The molecule has 122 valence electrons. The number of hydrogen-bond acceptors (Lipinski definition) is 2. The second-order valence-corrected chi connectivity index (χ2v) is 7.29. The minimum absolute atomic E-state index is 0.326. The van der Waals surface area contributed by atoms with E-state index in [0.29, 0.717) is 24.5 Å². The molecule has 2 nitrogen and oxygen atoms in total. The van der Waals surface area contributed by atoms with Crippen molar-refractivity contribution in [3.8, 4) is 5.75 Å². The predicted molar refractivity (Wildman–Crippen MR) is 103 cm³/mol. The van der Waals surface area contributed by atoms with Crippen LogP contribution in [-0.2, 0) is 0 Å². The Hall–Kier alpha value is -2.00. The van der Waals surface area contributed by atoms with Crippen LogP contribution >= 0.6 is 15.9 Å². The highest BCUT2D eigenvalue weighted by molar-refractivity contribution is 9.10. The third-order valence-electron chi connectivity index (χ3n) is 4.93. The smallest absolute Gasteiger partial charge is 0.119 e. The third kappa shape index (κ3) is 2.78. The van der Waals surface area contributed by atoms with Crippen LogP contribution in [0.25, 0.3) is 0 Å². The van der Waals surface area contributed by atoms with Gasteiger partial charge in [-0.2, -0.15) is 0 Å². The van der Waals surface area contributed by atoms with Crippen molar-refractivity contribution in [3.63, 3.8) is 0 Å². The highest BCUT2D eigenvalue weighted by Gasteiger charge is 2.37. The number of nitrogens with one attached hydrogen (secondary N) is 1. The van der Waals surface area contributed by atoms with Crippen LogP contribution in [0, 0.1) is 5.92 Å². The minimum atomic E-state index is 0.326. The van der Waals surface area contributed by atoms with Gasteiger partial charge >= 0.3 is 0 Å². The van der Waals surface area contributed by atoms with E-state index in [1.54, 1.807) is 6.08 Å². The van der Waals surface area contributed by atoms with Crippen molar-refractivity contribution in [3.05, 3.63) is 82.9 Å². The second kappa shape index (κ2) is 6.48. The molecule has 1 heterocycles. The molecular weight excluding hydrogens is 362 g/mol. The fraction of sp³-hybridized carbons (Fsp3) is 0.238. The van der Waals surface area contributed by atoms with Crippen molar-refractivity contribution in [2.45, 2.75) is 18.4 Å². The van der Waals surface area contributed by atoms with Crippen LogP contribution in [0.5, 0.6) is 5.75 Å². The Morgan fingerprint density at radius 3 is 2.83 bits per heavy atom. The van der Waals surface area contributed by atoms with Crippen LogP contribution in [-0.4, -0.2) is 6.61 Å². The number of fused-ring (bicyclic) bond motifs is 3. The quantitative estimate of drug-likeness (QED) is 0.671. The summed E-state index contributed by atoms with van der Waals surface area (Å²) in [6.45, 7) is 4.22. The Kier molecular flexibility index (Phi) is 4.19. The third-order valence-corrected chi connectivity index (χ3v) is 5.43. The molecule has 1 N–H and O–H groups in total. The molecule has 4 rings (SSSR count). The zero-order valence-corrected chi connectivity index (χ0v) is 15.0. The van der Waals surface area contributed by atoms with Crippen molar-refractivity contribution in [2.24, 2.45) is 5.92 Å². The fourth-order valence-electron chi connectivity index (χ4n) is 3.82. The maximum absolute atomic E-state index is 5.60. The molecule has 0 saturated heterocycles. The molecule has 24 heavy (non-hydrogen) atoms. The molecule has 2 aromatic carbocycles. The summed E-state index contributed by atoms with van der Waals surface area (Å²) in [5.41, 5.74) is 3.95. The Morgan fingerprint density at radius 2 is 2.04 bits per heavy atom. The molecule has 3 atom stereocenters. The van der Waals surface area contributed by atoms with Gasteiger partial charge in [-0.05, 0) is 53.8 Å². The number of hydrogen-bond donors (Lipinski definition) is 1. The number of allylic oxidation sites excluding steroid dienone is 2. The summed E-state index contributed by atoms with van der Waals surface area (Å²) < 4.78 is 6.74. The van der Waals surface area contributed by atoms with Crippen LogP contribution in [0.2, 0.25) is 0 Å². The van der Waals surface area contributed by atoms with Crippen molar-refractivity contribution in [2.75, 3.05) is 11.9 Å². The summed E-state index contributed by atoms with van der Waals surface area (Å²) in [4.78, 5) is 0. The van der Waals surface area contributed by atoms with Gasteiger partial charge in [0.15, 0.2) is 0 Å². The topological polar surface area (TPSA) is 21.3 Å². The zero-order chi connectivity index (χ0) is 16.5. The summed E-state index contributed by atoms with van der Waals surface area (Å²) in [5, 5.41) is 3.76. The monoisotopic (exact) mass is 381 g/mol. The molecule has 1 aliphatic carbocycles. The lowest BCUT2D eigenvalue weighted by Crippen LogP contribution is -2.29. The molecule has 2 aromatic rings. The van der Waals surface area contributed by atoms with Gasteiger partial charge in [-0.15, -0.1) is 0 Å². The summed E-state index contributed by atoms with van der Waals surface area (Å²) in [7, 11) is 0. The molecule has 0 radical (unpaired) electrons. The molecule has 0 saturated carbocycles. The normalized spacial score (nSPS) is 24.0. The number of anilines is 1. The Balaban J connectivity index is 1.64. The maximum atomic E-state index is 5.60. The lowest BCUT2D eigenvalue weighted by Gasteiger charge is -2.37. The Bertz CT molecular complexity index is 781. The minimum Gasteiger partial charge on any atom is -0.490 e. The first-order chi connectivity index (χ1) is 11.8. The average molecular weight is 382 g/mol. The number of ether oxygens (including phenoxy) is 1. The van der Waals surface area contributed by atoms with Crippen LogP contribution in [0.3, 0.4) is 0 Å². The molecule has 0 unspecified atom stereocenters. The van der Waals surface area contributed by atoms with Crippen molar-refractivity contribution in [1.82, 2.24) is 0 Å². The largest absolute Gasteiger partial charge is 0.490 e. The van der Waals surface area contributed by atoms with Gasteiger partial charge in [0.25, 0.3) is 0 Å². The van der Waals surface area contributed by atoms with Gasteiger partial charge in [-0.25, -0.2) is 0 Å². The molecular formula is C21H20BrNO. The van der Waals surface area contributed by atoms with Crippen LogP contribution in [0.4, 0.5) is 5.69 Å². The first-order valence-corrected chi connectivity index (χ1v) is 9.12. The zero-order valence-electron chi connectivity index (χ0n) is 13.4. The van der Waals surface area contributed by atoms with Gasteiger partial charge in [-0.1, -0.05) is 52.9 Å². The summed E-state index contributed by atoms with van der Waals surface area (Å²) in [5.74, 6) is 1.94. The van der Waals surface area contributed by atoms with Crippen molar-refractivity contribution < 1.29 is 4.74 Å². The van der Waals surface area contributed by atoms with Crippen LogP contribution in [0.15, 0.2) is 71.7 Å². The first-order valence-electron chi connectivity index (χ1n) is 8.32. The summed E-state index contributed by atoms with van der Waals surface area (Å²) >= 11 is 3.60. The molecule has 3 heteroatoms. The SMILES string of the molecule is C=CCOc1ccc([C@@H]2Nc3ccc(Br)cc3[C@@H]3C=CC[C@@H]32)cc1. The van der Waals surface area contributed by atoms with Gasteiger partial charge in [0.1, 0.15) is 12.4 Å². The summed E-state index contributed by atoms with van der Waals surface area (Å²) in [6, 6.07) is 15.3. The highest BCUT2D eigenvalue weighted by atomic mass is 79.9. The van der Waals surface area contributed by atoms with E-state index in [-0.39, 0.29) is 0 Å². The maximum Gasteiger partial charge on any atom is 0.119 e. The lowest BCUT2D eigenvalue weighted by atomic mass is 9.77. The predicted octanol–water partition coefficient (Wildman–Crippen LogP) is 5.84. The molecule has 0 spiro atoms.